The summed E-state index contributed by atoms with van der Waals surface area (Å²) in [5, 5.41) is 9.13. The van der Waals surface area contributed by atoms with E-state index in [1.807, 2.05) is 0 Å². The van der Waals surface area contributed by atoms with Gasteiger partial charge in [-0.3, -0.25) is 0 Å². The lowest BCUT2D eigenvalue weighted by Gasteiger charge is -2.29. The van der Waals surface area contributed by atoms with Crippen molar-refractivity contribution in [2.45, 2.75) is 31.2 Å². The van der Waals surface area contributed by atoms with E-state index in [4.69, 9.17) is 15.6 Å². The second kappa shape index (κ2) is 4.21. The molecule has 12 heavy (non-hydrogen) atoms. The third-order valence-electron chi connectivity index (χ3n) is 2.97. The SMILES string of the molecule is COCCC1CCCC1(N)CO. The van der Waals surface area contributed by atoms with Gasteiger partial charge >= 0.3 is 0 Å². The summed E-state index contributed by atoms with van der Waals surface area (Å²) < 4.78 is 5.00. The van der Waals surface area contributed by atoms with E-state index in [2.05, 4.69) is 0 Å². The van der Waals surface area contributed by atoms with Crippen LogP contribution < -0.4 is 5.73 Å². The average Bonchev–Trinajstić information content (AvgIpc) is 2.45. The summed E-state index contributed by atoms with van der Waals surface area (Å²) in [4.78, 5) is 0. The largest absolute Gasteiger partial charge is 0.394 e. The van der Waals surface area contributed by atoms with Crippen molar-refractivity contribution in [2.75, 3.05) is 20.3 Å². The van der Waals surface area contributed by atoms with Crippen LogP contribution in [0.2, 0.25) is 0 Å². The van der Waals surface area contributed by atoms with Crippen LogP contribution in [0, 0.1) is 5.92 Å². The second-order valence-corrected chi connectivity index (χ2v) is 3.76. The van der Waals surface area contributed by atoms with Gasteiger partial charge in [0.05, 0.1) is 6.61 Å². The molecule has 0 saturated heterocycles. The smallest absolute Gasteiger partial charge is 0.0613 e. The lowest BCUT2D eigenvalue weighted by molar-refractivity contribution is 0.122. The zero-order valence-electron chi connectivity index (χ0n) is 7.75. The van der Waals surface area contributed by atoms with Gasteiger partial charge < -0.3 is 15.6 Å². The fraction of sp³-hybridized carbons (Fsp3) is 1.00. The molecule has 2 unspecified atom stereocenters. The topological polar surface area (TPSA) is 55.5 Å². The lowest BCUT2D eigenvalue weighted by atomic mass is 9.87. The molecule has 3 heteroatoms. The number of aliphatic hydroxyl groups is 1. The highest BCUT2D eigenvalue weighted by molar-refractivity contribution is 4.95. The Morgan fingerprint density at radius 3 is 3.00 bits per heavy atom. The molecule has 0 aliphatic heterocycles. The maximum absolute atomic E-state index is 9.13. The van der Waals surface area contributed by atoms with Crippen molar-refractivity contribution in [3.05, 3.63) is 0 Å². The highest BCUT2D eigenvalue weighted by atomic mass is 16.5. The van der Waals surface area contributed by atoms with Crippen molar-refractivity contribution in [1.82, 2.24) is 0 Å². The van der Waals surface area contributed by atoms with Crippen LogP contribution in [0.5, 0.6) is 0 Å². The van der Waals surface area contributed by atoms with E-state index in [9.17, 15) is 0 Å². The van der Waals surface area contributed by atoms with Gasteiger partial charge in [-0.1, -0.05) is 6.42 Å². The van der Waals surface area contributed by atoms with Gasteiger partial charge in [0.25, 0.3) is 0 Å². The molecule has 2 atom stereocenters. The van der Waals surface area contributed by atoms with Gasteiger partial charge in [-0.05, 0) is 25.2 Å². The third kappa shape index (κ3) is 1.97. The van der Waals surface area contributed by atoms with Gasteiger partial charge in [-0.25, -0.2) is 0 Å². The van der Waals surface area contributed by atoms with Crippen LogP contribution in [-0.2, 0) is 4.74 Å². The van der Waals surface area contributed by atoms with Crippen LogP contribution in [0.4, 0.5) is 0 Å². The molecule has 0 aromatic carbocycles. The van der Waals surface area contributed by atoms with Crippen LogP contribution in [-0.4, -0.2) is 31.0 Å². The predicted octanol–water partition coefficient (Wildman–Crippen LogP) is 0.513. The Labute approximate surface area is 73.9 Å². The number of hydrogen-bond donors (Lipinski definition) is 2. The van der Waals surface area contributed by atoms with Crippen LogP contribution in [0.1, 0.15) is 25.7 Å². The van der Waals surface area contributed by atoms with Crippen LogP contribution in [0.25, 0.3) is 0 Å². The first kappa shape index (κ1) is 9.96. The molecule has 1 aliphatic rings. The van der Waals surface area contributed by atoms with E-state index in [1.54, 1.807) is 7.11 Å². The molecule has 0 aromatic heterocycles. The number of rotatable bonds is 4. The predicted molar refractivity (Wildman–Crippen MR) is 47.8 cm³/mol. The van der Waals surface area contributed by atoms with Gasteiger partial charge in [0.2, 0.25) is 0 Å². The van der Waals surface area contributed by atoms with Gasteiger partial charge in [0, 0.05) is 19.3 Å². The molecule has 1 aliphatic carbocycles. The maximum Gasteiger partial charge on any atom is 0.0613 e. The average molecular weight is 173 g/mol. The van der Waals surface area contributed by atoms with Crippen molar-refractivity contribution in [2.24, 2.45) is 11.7 Å². The first-order valence-electron chi connectivity index (χ1n) is 4.61. The fourth-order valence-electron chi connectivity index (χ4n) is 2.07. The van der Waals surface area contributed by atoms with E-state index in [1.165, 1.54) is 0 Å². The number of ether oxygens (including phenoxy) is 1. The molecule has 1 rings (SSSR count). The Morgan fingerprint density at radius 1 is 1.67 bits per heavy atom. The lowest BCUT2D eigenvalue weighted by Crippen LogP contribution is -2.47. The Balaban J connectivity index is 2.40. The first-order valence-corrected chi connectivity index (χ1v) is 4.61. The van der Waals surface area contributed by atoms with E-state index in [0.29, 0.717) is 5.92 Å². The van der Waals surface area contributed by atoms with E-state index >= 15 is 0 Å². The molecule has 1 saturated carbocycles. The summed E-state index contributed by atoms with van der Waals surface area (Å²) >= 11 is 0. The molecule has 72 valence electrons. The number of aliphatic hydroxyl groups excluding tert-OH is 1. The molecular weight excluding hydrogens is 154 g/mol. The van der Waals surface area contributed by atoms with Gasteiger partial charge in [0.15, 0.2) is 0 Å². The van der Waals surface area contributed by atoms with E-state index in [0.717, 1.165) is 32.3 Å². The van der Waals surface area contributed by atoms with Crippen LogP contribution in [0.3, 0.4) is 0 Å². The van der Waals surface area contributed by atoms with Gasteiger partial charge in [-0.15, -0.1) is 0 Å². The highest BCUT2D eigenvalue weighted by Gasteiger charge is 2.38. The molecule has 0 spiro atoms. The maximum atomic E-state index is 9.13. The Bertz CT molecular complexity index is 140. The highest BCUT2D eigenvalue weighted by Crippen LogP contribution is 2.35. The third-order valence-corrected chi connectivity index (χ3v) is 2.97. The van der Waals surface area contributed by atoms with Crippen molar-refractivity contribution >= 4 is 0 Å². The van der Waals surface area contributed by atoms with Crippen LogP contribution in [0.15, 0.2) is 0 Å². The molecule has 0 radical (unpaired) electrons. The van der Waals surface area contributed by atoms with Crippen LogP contribution >= 0.6 is 0 Å². The van der Waals surface area contributed by atoms with Gasteiger partial charge in [-0.2, -0.15) is 0 Å². The quantitative estimate of drug-likeness (QED) is 0.651. The Hall–Kier alpha value is -0.120. The molecule has 0 bridgehead atoms. The van der Waals surface area contributed by atoms with E-state index < -0.39 is 0 Å². The summed E-state index contributed by atoms with van der Waals surface area (Å²) in [6, 6.07) is 0. The van der Waals surface area contributed by atoms with E-state index in [-0.39, 0.29) is 12.1 Å². The first-order chi connectivity index (χ1) is 5.73. The summed E-state index contributed by atoms with van der Waals surface area (Å²) in [5.41, 5.74) is 5.72. The summed E-state index contributed by atoms with van der Waals surface area (Å²) in [5.74, 6) is 0.447. The molecule has 0 heterocycles. The number of nitrogens with two attached hydrogens (primary N) is 1. The zero-order valence-corrected chi connectivity index (χ0v) is 7.75. The minimum Gasteiger partial charge on any atom is -0.394 e. The Kier molecular flexibility index (Phi) is 3.50. The monoisotopic (exact) mass is 173 g/mol. The van der Waals surface area contributed by atoms with Crippen molar-refractivity contribution in [1.29, 1.82) is 0 Å². The minimum atomic E-state index is -0.321. The Morgan fingerprint density at radius 2 is 2.42 bits per heavy atom. The minimum absolute atomic E-state index is 0.112. The van der Waals surface area contributed by atoms with Crippen molar-refractivity contribution in [3.63, 3.8) is 0 Å². The zero-order chi connectivity index (χ0) is 9.03. The summed E-state index contributed by atoms with van der Waals surface area (Å²) in [6.45, 7) is 0.866. The summed E-state index contributed by atoms with van der Waals surface area (Å²) in [6.07, 6.45) is 4.22. The second-order valence-electron chi connectivity index (χ2n) is 3.76. The fourth-order valence-corrected chi connectivity index (χ4v) is 2.07. The van der Waals surface area contributed by atoms with Crippen molar-refractivity contribution in [3.8, 4) is 0 Å². The molecule has 1 fully saturated rings. The molecular formula is C9H19NO2. The number of methoxy groups -OCH3 is 1. The normalized spacial score (nSPS) is 35.8. The molecule has 3 nitrogen and oxygen atoms in total. The summed E-state index contributed by atoms with van der Waals surface area (Å²) in [7, 11) is 1.70. The molecule has 0 amide bonds. The molecule has 3 N–H and O–H groups in total. The van der Waals surface area contributed by atoms with Crippen molar-refractivity contribution < 1.29 is 9.84 Å². The standard InChI is InChI=1S/C9H19NO2/c1-12-6-4-8-3-2-5-9(8,10)7-11/h8,11H,2-7,10H2,1H3. The number of hydrogen-bond acceptors (Lipinski definition) is 3. The molecule has 0 aromatic rings. The van der Waals surface area contributed by atoms with Gasteiger partial charge in [0.1, 0.15) is 0 Å².